The third kappa shape index (κ3) is 1.75. The van der Waals surface area contributed by atoms with E-state index in [-0.39, 0.29) is 10.6 Å². The van der Waals surface area contributed by atoms with Gasteiger partial charge in [-0.15, -0.1) is 0 Å². The fourth-order valence-corrected chi connectivity index (χ4v) is 2.83. The first-order valence-electron chi connectivity index (χ1n) is 5.47. The van der Waals surface area contributed by atoms with Crippen molar-refractivity contribution in [3.8, 4) is 5.13 Å². The molecule has 0 spiro atoms. The average molecular weight is 274 g/mol. The summed E-state index contributed by atoms with van der Waals surface area (Å²) in [6.45, 7) is 1.57. The van der Waals surface area contributed by atoms with E-state index in [1.165, 1.54) is 4.57 Å². The molecule has 0 atom stereocenters. The monoisotopic (exact) mass is 274 g/mol. The molecule has 2 aromatic heterocycles. The van der Waals surface area contributed by atoms with Crippen molar-refractivity contribution in [3.05, 3.63) is 45.3 Å². The molecule has 0 bridgehead atoms. The lowest BCUT2D eigenvalue weighted by atomic mass is 10.3. The van der Waals surface area contributed by atoms with Gasteiger partial charge in [-0.2, -0.15) is 0 Å². The number of carboxylic acid groups (broad SMARTS) is 1. The molecule has 7 heteroatoms. The Labute approximate surface area is 111 Å². The van der Waals surface area contributed by atoms with Crippen LogP contribution in [0.15, 0.2) is 29.1 Å². The zero-order valence-electron chi connectivity index (χ0n) is 9.84. The maximum absolute atomic E-state index is 11.9. The molecule has 0 aliphatic rings. The fraction of sp³-hybridized carbons (Fsp3) is 0.0833. The van der Waals surface area contributed by atoms with Gasteiger partial charge >= 0.3 is 5.69 Å². The maximum Gasteiger partial charge on any atom is 0.332 e. The zero-order valence-corrected chi connectivity index (χ0v) is 10.7. The van der Waals surface area contributed by atoms with E-state index in [0.29, 0.717) is 21.9 Å². The highest BCUT2D eigenvalue weighted by Crippen LogP contribution is 2.22. The highest BCUT2D eigenvalue weighted by molar-refractivity contribution is 7.16. The van der Waals surface area contributed by atoms with Gasteiger partial charge in [-0.25, -0.2) is 14.3 Å². The number of rotatable bonds is 2. The number of fused-ring (bicyclic) bond motifs is 1. The Morgan fingerprint density at radius 3 is 2.84 bits per heavy atom. The molecule has 0 aliphatic heterocycles. The Hall–Kier alpha value is -2.41. The predicted octanol–water partition coefficient (Wildman–Crippen LogP) is 0.447. The second-order valence-electron chi connectivity index (χ2n) is 3.98. The average Bonchev–Trinajstić information content (AvgIpc) is 2.88. The van der Waals surface area contributed by atoms with Crippen LogP contribution >= 0.6 is 11.3 Å². The van der Waals surface area contributed by atoms with Crippen molar-refractivity contribution in [1.29, 1.82) is 0 Å². The molecule has 3 aromatic rings. The Kier molecular flexibility index (Phi) is 2.49. The van der Waals surface area contributed by atoms with Gasteiger partial charge in [0.15, 0.2) is 5.13 Å². The van der Waals surface area contributed by atoms with Crippen LogP contribution in [0.25, 0.3) is 16.2 Å². The Balaban J connectivity index is 2.30. The van der Waals surface area contributed by atoms with E-state index in [1.54, 1.807) is 25.1 Å². The van der Waals surface area contributed by atoms with E-state index in [1.807, 2.05) is 6.07 Å². The number of hydrogen-bond acceptors (Lipinski definition) is 5. The normalized spacial score (nSPS) is 11.0. The molecule has 0 saturated heterocycles. The first kappa shape index (κ1) is 11.7. The number of para-hydroxylation sites is 2. The molecule has 0 fully saturated rings. The third-order valence-corrected chi connectivity index (χ3v) is 3.87. The number of aryl methyl sites for hydroxylation is 1. The number of nitrogens with one attached hydrogen (secondary N) is 1. The van der Waals surface area contributed by atoms with Crippen molar-refractivity contribution in [2.75, 3.05) is 0 Å². The number of benzene rings is 1. The highest BCUT2D eigenvalue weighted by atomic mass is 32.1. The van der Waals surface area contributed by atoms with Crippen molar-refractivity contribution in [2.24, 2.45) is 0 Å². The van der Waals surface area contributed by atoms with Gasteiger partial charge in [0.05, 0.1) is 27.6 Å². The molecule has 3 rings (SSSR count). The van der Waals surface area contributed by atoms with Crippen LogP contribution in [-0.2, 0) is 0 Å². The van der Waals surface area contributed by atoms with Crippen LogP contribution in [0.3, 0.4) is 0 Å². The van der Waals surface area contributed by atoms with Gasteiger partial charge in [0, 0.05) is 0 Å². The Bertz CT molecular complexity index is 843. The van der Waals surface area contributed by atoms with E-state index in [0.717, 1.165) is 11.3 Å². The molecule has 0 aliphatic carbocycles. The minimum atomic E-state index is -1.28. The van der Waals surface area contributed by atoms with Crippen LogP contribution in [-0.4, -0.2) is 20.5 Å². The number of nitrogens with zero attached hydrogens (tertiary/aromatic N) is 2. The number of hydrogen-bond donors (Lipinski definition) is 1. The number of carboxylic acids is 1. The maximum atomic E-state index is 11.9. The van der Waals surface area contributed by atoms with Crippen molar-refractivity contribution in [3.63, 3.8) is 0 Å². The van der Waals surface area contributed by atoms with Gasteiger partial charge in [-0.3, -0.25) is 0 Å². The molecule has 0 amide bonds. The molecule has 0 unspecified atom stereocenters. The molecule has 0 saturated carbocycles. The first-order chi connectivity index (χ1) is 9.08. The van der Waals surface area contributed by atoms with Gasteiger partial charge in [0.2, 0.25) is 0 Å². The molecule has 96 valence electrons. The predicted molar refractivity (Wildman–Crippen MR) is 68.6 cm³/mol. The number of imidazole rings is 1. The smallest absolute Gasteiger partial charge is 0.332 e. The van der Waals surface area contributed by atoms with Crippen LogP contribution in [0.5, 0.6) is 0 Å². The number of carbonyl (C=O) groups excluding carboxylic acids is 1. The molecule has 19 heavy (non-hydrogen) atoms. The van der Waals surface area contributed by atoms with E-state index in [2.05, 4.69) is 9.97 Å². The fourth-order valence-electron chi connectivity index (χ4n) is 1.91. The number of carbonyl (C=O) groups is 1. The molecule has 1 N–H and O–H groups in total. The Morgan fingerprint density at radius 2 is 2.16 bits per heavy atom. The summed E-state index contributed by atoms with van der Waals surface area (Å²) in [5, 5.41) is 11.2. The van der Waals surface area contributed by atoms with E-state index >= 15 is 0 Å². The molecule has 0 radical (unpaired) electrons. The molecule has 2 heterocycles. The van der Waals surface area contributed by atoms with Crippen LogP contribution in [0, 0.1) is 6.92 Å². The minimum Gasteiger partial charge on any atom is -0.544 e. The summed E-state index contributed by atoms with van der Waals surface area (Å²) < 4.78 is 1.36. The largest absolute Gasteiger partial charge is 0.544 e. The van der Waals surface area contributed by atoms with Crippen LogP contribution in [0.4, 0.5) is 0 Å². The first-order valence-corrected chi connectivity index (χ1v) is 6.28. The summed E-state index contributed by atoms with van der Waals surface area (Å²) in [4.78, 5) is 29.7. The standard InChI is InChI=1S/C12H9N3O3S/c1-6-9(10(16)17)19-12(13-6)15-8-5-3-2-4-7(8)14-11(15)18/h2-5H,1H3,(H,14,18)(H,16,17)/p-1. The topological polar surface area (TPSA) is 90.8 Å². The summed E-state index contributed by atoms with van der Waals surface area (Å²) in [5.74, 6) is -1.28. The van der Waals surface area contributed by atoms with Gasteiger partial charge in [-0.05, 0) is 19.1 Å². The van der Waals surface area contributed by atoms with Crippen LogP contribution in [0.1, 0.15) is 15.4 Å². The molecular formula is C12H8N3O3S-. The molecule has 1 aromatic carbocycles. The summed E-state index contributed by atoms with van der Waals surface area (Å²) >= 11 is 0.924. The molecule has 6 nitrogen and oxygen atoms in total. The second kappa shape index (κ2) is 4.06. The minimum absolute atomic E-state index is 0.0344. The summed E-state index contributed by atoms with van der Waals surface area (Å²) in [6, 6.07) is 7.14. The van der Waals surface area contributed by atoms with Crippen molar-refractivity contribution in [1.82, 2.24) is 14.5 Å². The van der Waals surface area contributed by atoms with E-state index < -0.39 is 5.97 Å². The van der Waals surface area contributed by atoms with E-state index in [9.17, 15) is 14.7 Å². The summed E-state index contributed by atoms with van der Waals surface area (Å²) in [5.41, 5.74) is 1.33. The lowest BCUT2D eigenvalue weighted by molar-refractivity contribution is -0.254. The van der Waals surface area contributed by atoms with Crippen molar-refractivity contribution in [2.45, 2.75) is 6.92 Å². The number of H-pyrrole nitrogens is 1. The number of thiazole rings is 1. The number of aromatic nitrogens is 3. The van der Waals surface area contributed by atoms with E-state index in [4.69, 9.17) is 0 Å². The van der Waals surface area contributed by atoms with Crippen LogP contribution < -0.4 is 10.8 Å². The third-order valence-electron chi connectivity index (χ3n) is 2.75. The lowest BCUT2D eigenvalue weighted by Crippen LogP contribution is -2.21. The SMILES string of the molecule is Cc1nc(-n2c(=O)[nH]c3ccccc32)sc1C(=O)[O-]. The highest BCUT2D eigenvalue weighted by Gasteiger charge is 2.14. The van der Waals surface area contributed by atoms with Crippen LogP contribution in [0.2, 0.25) is 0 Å². The van der Waals surface area contributed by atoms with Gasteiger partial charge in [-0.1, -0.05) is 23.5 Å². The Morgan fingerprint density at radius 1 is 1.42 bits per heavy atom. The van der Waals surface area contributed by atoms with Crippen molar-refractivity contribution < 1.29 is 9.90 Å². The second-order valence-corrected chi connectivity index (χ2v) is 4.96. The summed E-state index contributed by atoms with van der Waals surface area (Å²) in [7, 11) is 0. The van der Waals surface area contributed by atoms with Gasteiger partial charge < -0.3 is 14.9 Å². The number of aromatic amines is 1. The summed E-state index contributed by atoms with van der Waals surface area (Å²) in [6.07, 6.45) is 0. The zero-order chi connectivity index (χ0) is 13.6. The van der Waals surface area contributed by atoms with Gasteiger partial charge in [0.25, 0.3) is 0 Å². The lowest BCUT2D eigenvalue weighted by Gasteiger charge is -1.97. The molecular weight excluding hydrogens is 266 g/mol. The number of aromatic carboxylic acids is 1. The van der Waals surface area contributed by atoms with Crippen molar-refractivity contribution >= 4 is 28.3 Å². The van der Waals surface area contributed by atoms with Gasteiger partial charge in [0.1, 0.15) is 0 Å². The quantitative estimate of drug-likeness (QED) is 0.734.